The first-order valence-corrected chi connectivity index (χ1v) is 7.35. The van der Waals surface area contributed by atoms with Crippen LogP contribution in [0.3, 0.4) is 0 Å². The van der Waals surface area contributed by atoms with Gasteiger partial charge in [-0.25, -0.2) is 0 Å². The second-order valence-electron chi connectivity index (χ2n) is 6.57. The van der Waals surface area contributed by atoms with Crippen molar-refractivity contribution < 1.29 is 9.59 Å². The number of benzene rings is 1. The largest absolute Gasteiger partial charge is 0.274 e. The van der Waals surface area contributed by atoms with Gasteiger partial charge in [-0.2, -0.15) is 0 Å². The third-order valence-electron chi connectivity index (χ3n) is 5.87. The molecule has 3 fully saturated rings. The van der Waals surface area contributed by atoms with E-state index >= 15 is 0 Å². The molecule has 2 saturated carbocycles. The Hall–Kier alpha value is -1.90. The highest BCUT2D eigenvalue weighted by Gasteiger charge is 2.73. The van der Waals surface area contributed by atoms with Crippen molar-refractivity contribution in [1.82, 2.24) is 0 Å². The Morgan fingerprint density at radius 3 is 1.95 bits per heavy atom. The molecule has 3 nitrogen and oxygen atoms in total. The van der Waals surface area contributed by atoms with Crippen LogP contribution in [0.2, 0.25) is 0 Å². The SMILES string of the molecule is O=C1[C@H]2[C@H](C(=O)N1c1ccccc1)[C@@H]1C=C[C@H]2C12CC2. The van der Waals surface area contributed by atoms with Gasteiger partial charge in [0.25, 0.3) is 0 Å². The average Bonchev–Trinajstić information content (AvgIpc) is 3.06. The molecule has 0 radical (unpaired) electrons. The summed E-state index contributed by atoms with van der Waals surface area (Å²) in [6.07, 6.45) is 6.79. The highest BCUT2D eigenvalue weighted by atomic mass is 16.2. The summed E-state index contributed by atoms with van der Waals surface area (Å²) in [7, 11) is 0. The van der Waals surface area contributed by atoms with Crippen LogP contribution in [-0.2, 0) is 9.59 Å². The molecule has 2 bridgehead atoms. The van der Waals surface area contributed by atoms with Gasteiger partial charge in [0.2, 0.25) is 11.8 Å². The summed E-state index contributed by atoms with van der Waals surface area (Å²) in [5, 5.41) is 0. The number of anilines is 1. The molecule has 1 spiro atoms. The summed E-state index contributed by atoms with van der Waals surface area (Å²) < 4.78 is 0. The molecule has 0 aromatic heterocycles. The summed E-state index contributed by atoms with van der Waals surface area (Å²) in [6.45, 7) is 0. The van der Waals surface area contributed by atoms with Crippen molar-refractivity contribution in [1.29, 1.82) is 0 Å². The van der Waals surface area contributed by atoms with E-state index in [0.29, 0.717) is 11.8 Å². The summed E-state index contributed by atoms with van der Waals surface area (Å²) in [5.74, 6) is 0.467. The standard InChI is InChI=1S/C17H15NO2/c19-15-13-11-6-7-12(17(11)8-9-17)14(13)16(20)18(15)10-4-2-1-3-5-10/h1-7,11-14H,8-9H2/t11-,12+,13-,14-/m1/s1. The van der Waals surface area contributed by atoms with E-state index in [1.807, 2.05) is 30.3 Å². The number of carbonyl (C=O) groups excluding carboxylic acids is 2. The van der Waals surface area contributed by atoms with E-state index in [9.17, 15) is 9.59 Å². The zero-order chi connectivity index (χ0) is 13.5. The molecule has 4 atom stereocenters. The van der Waals surface area contributed by atoms with Gasteiger partial charge in [-0.1, -0.05) is 30.4 Å². The number of hydrogen-bond acceptors (Lipinski definition) is 2. The van der Waals surface area contributed by atoms with Crippen LogP contribution in [0, 0.1) is 29.1 Å². The van der Waals surface area contributed by atoms with Gasteiger partial charge < -0.3 is 0 Å². The van der Waals surface area contributed by atoms with Crippen LogP contribution < -0.4 is 4.90 Å². The molecule has 1 saturated heterocycles. The van der Waals surface area contributed by atoms with E-state index in [-0.39, 0.29) is 29.1 Å². The second-order valence-corrected chi connectivity index (χ2v) is 6.57. The lowest BCUT2D eigenvalue weighted by Gasteiger charge is -2.21. The molecule has 5 rings (SSSR count). The summed E-state index contributed by atoms with van der Waals surface area (Å²) in [5.41, 5.74) is 1.00. The average molecular weight is 265 g/mol. The van der Waals surface area contributed by atoms with Gasteiger partial charge in [0, 0.05) is 0 Å². The molecule has 0 unspecified atom stereocenters. The van der Waals surface area contributed by atoms with E-state index in [4.69, 9.17) is 0 Å². The minimum Gasteiger partial charge on any atom is -0.274 e. The van der Waals surface area contributed by atoms with Gasteiger partial charge in [0.05, 0.1) is 17.5 Å². The third kappa shape index (κ3) is 1.02. The van der Waals surface area contributed by atoms with Crippen molar-refractivity contribution >= 4 is 17.5 Å². The summed E-state index contributed by atoms with van der Waals surface area (Å²) in [4.78, 5) is 27.0. The zero-order valence-electron chi connectivity index (χ0n) is 11.0. The molecule has 3 heteroatoms. The lowest BCUT2D eigenvalue weighted by Crippen LogP contribution is -2.34. The fourth-order valence-electron chi connectivity index (χ4n) is 4.91. The van der Waals surface area contributed by atoms with Crippen LogP contribution in [0.25, 0.3) is 0 Å². The quantitative estimate of drug-likeness (QED) is 0.577. The fraction of sp³-hybridized carbons (Fsp3) is 0.412. The molecule has 3 aliphatic carbocycles. The number of allylic oxidation sites excluding steroid dienone is 2. The lowest BCUT2D eigenvalue weighted by molar-refractivity contribution is -0.123. The molecular formula is C17H15NO2. The maximum absolute atomic E-state index is 12.8. The molecule has 20 heavy (non-hydrogen) atoms. The van der Waals surface area contributed by atoms with Crippen molar-refractivity contribution in [3.05, 3.63) is 42.5 Å². The number of hydrogen-bond donors (Lipinski definition) is 0. The molecule has 100 valence electrons. The number of carbonyl (C=O) groups is 2. The smallest absolute Gasteiger partial charge is 0.238 e. The Morgan fingerprint density at radius 2 is 1.45 bits per heavy atom. The number of para-hydroxylation sites is 1. The molecule has 1 aromatic rings. The summed E-state index contributed by atoms with van der Waals surface area (Å²) in [6, 6.07) is 9.34. The maximum atomic E-state index is 12.8. The van der Waals surface area contributed by atoms with Crippen molar-refractivity contribution in [2.75, 3.05) is 4.90 Å². The lowest BCUT2D eigenvalue weighted by atomic mass is 9.85. The fourth-order valence-corrected chi connectivity index (χ4v) is 4.91. The molecule has 1 aliphatic heterocycles. The Balaban J connectivity index is 1.60. The van der Waals surface area contributed by atoms with E-state index in [2.05, 4.69) is 12.2 Å². The number of amides is 2. The van der Waals surface area contributed by atoms with Crippen molar-refractivity contribution in [2.45, 2.75) is 12.8 Å². The Morgan fingerprint density at radius 1 is 0.900 bits per heavy atom. The van der Waals surface area contributed by atoms with E-state index < -0.39 is 0 Å². The second kappa shape index (κ2) is 3.22. The van der Waals surface area contributed by atoms with Gasteiger partial charge in [-0.05, 0) is 42.2 Å². The Bertz CT molecular complexity index is 625. The highest BCUT2D eigenvalue weighted by molar-refractivity contribution is 6.23. The van der Waals surface area contributed by atoms with Crippen LogP contribution in [0.4, 0.5) is 5.69 Å². The van der Waals surface area contributed by atoms with Crippen LogP contribution in [0.5, 0.6) is 0 Å². The number of fused-ring (bicyclic) bond motifs is 3. The summed E-state index contributed by atoms with van der Waals surface area (Å²) >= 11 is 0. The van der Waals surface area contributed by atoms with Crippen molar-refractivity contribution in [2.24, 2.45) is 29.1 Å². The van der Waals surface area contributed by atoms with Crippen molar-refractivity contribution in [3.8, 4) is 0 Å². The molecule has 4 aliphatic rings. The first kappa shape index (κ1) is 10.8. The predicted molar refractivity (Wildman–Crippen MR) is 73.7 cm³/mol. The molecular weight excluding hydrogens is 250 g/mol. The monoisotopic (exact) mass is 265 g/mol. The van der Waals surface area contributed by atoms with Gasteiger partial charge in [0.1, 0.15) is 0 Å². The molecule has 1 aromatic carbocycles. The third-order valence-corrected chi connectivity index (χ3v) is 5.87. The molecule has 0 N–H and O–H groups in total. The maximum Gasteiger partial charge on any atom is 0.238 e. The minimum atomic E-state index is -0.0970. The van der Waals surface area contributed by atoms with E-state index in [0.717, 1.165) is 5.69 Å². The minimum absolute atomic E-state index is 0.0225. The van der Waals surface area contributed by atoms with Crippen LogP contribution in [0.15, 0.2) is 42.5 Å². The normalized spacial score (nSPS) is 38.9. The van der Waals surface area contributed by atoms with Gasteiger partial charge in [0.15, 0.2) is 0 Å². The van der Waals surface area contributed by atoms with Crippen LogP contribution in [-0.4, -0.2) is 11.8 Å². The molecule has 1 heterocycles. The first-order chi connectivity index (χ1) is 9.74. The van der Waals surface area contributed by atoms with Crippen LogP contribution in [0.1, 0.15) is 12.8 Å². The molecule has 2 amide bonds. The predicted octanol–water partition coefficient (Wildman–Crippen LogP) is 2.39. The number of rotatable bonds is 1. The topological polar surface area (TPSA) is 37.4 Å². The zero-order valence-corrected chi connectivity index (χ0v) is 11.0. The highest BCUT2D eigenvalue weighted by Crippen LogP contribution is 2.73. The van der Waals surface area contributed by atoms with E-state index in [1.54, 1.807) is 0 Å². The first-order valence-electron chi connectivity index (χ1n) is 7.35. The van der Waals surface area contributed by atoms with Crippen molar-refractivity contribution in [3.63, 3.8) is 0 Å². The van der Waals surface area contributed by atoms with Crippen LogP contribution >= 0.6 is 0 Å². The van der Waals surface area contributed by atoms with E-state index in [1.165, 1.54) is 17.7 Å². The van der Waals surface area contributed by atoms with Gasteiger partial charge >= 0.3 is 0 Å². The number of imide groups is 1. The van der Waals surface area contributed by atoms with Gasteiger partial charge in [-0.3, -0.25) is 14.5 Å². The Kier molecular flexibility index (Phi) is 1.74. The van der Waals surface area contributed by atoms with Gasteiger partial charge in [-0.15, -0.1) is 0 Å². The number of nitrogens with zero attached hydrogens (tertiary/aromatic N) is 1. The Labute approximate surface area is 117 Å².